The molecule has 1 aliphatic heterocycles. The van der Waals surface area contributed by atoms with E-state index >= 15 is 4.39 Å². The van der Waals surface area contributed by atoms with Crippen LogP contribution >= 0.6 is 0 Å². The molecule has 0 aromatic carbocycles. The predicted octanol–water partition coefficient (Wildman–Crippen LogP) is 4.62. The molecule has 1 aliphatic carbocycles. The molecule has 0 radical (unpaired) electrons. The van der Waals surface area contributed by atoms with Crippen molar-refractivity contribution in [2.24, 2.45) is 10.9 Å². The molecule has 0 spiro atoms. The van der Waals surface area contributed by atoms with E-state index in [0.29, 0.717) is 52.8 Å². The Morgan fingerprint density at radius 2 is 1.85 bits per heavy atom. The smallest absolute Gasteiger partial charge is 0.227 e. The molecule has 5 aromatic rings. The molecule has 1 fully saturated rings. The number of hydrogen-bond acceptors (Lipinski definition) is 8. The normalized spacial score (nSPS) is 15.0. The average Bonchev–Trinajstić information content (AvgIpc) is 3.25. The van der Waals surface area contributed by atoms with Gasteiger partial charge in [-0.2, -0.15) is 0 Å². The highest BCUT2D eigenvalue weighted by Gasteiger charge is 2.27. The Bertz CT molecular complexity index is 1780. The van der Waals surface area contributed by atoms with Crippen LogP contribution in [0.3, 0.4) is 0 Å². The fraction of sp³-hybridized carbons (Fsp3) is 0.207. The largest absolute Gasteiger partial charge is 0.381 e. The highest BCUT2D eigenvalue weighted by Crippen LogP contribution is 2.33. The Kier molecular flexibility index (Phi) is 5.95. The molecule has 7 rings (SSSR count). The number of H-pyrrole nitrogens is 1. The number of nitrogens with one attached hydrogen (secondary N) is 3. The number of anilines is 2. The molecule has 11 heteroatoms. The summed E-state index contributed by atoms with van der Waals surface area (Å²) in [4.78, 5) is 42.6. The Balaban J connectivity index is 1.30. The van der Waals surface area contributed by atoms with Crippen molar-refractivity contribution in [2.45, 2.75) is 19.3 Å². The van der Waals surface area contributed by atoms with Crippen LogP contribution in [0.2, 0.25) is 0 Å². The summed E-state index contributed by atoms with van der Waals surface area (Å²) in [5, 5.41) is 6.13. The standard InChI is InChI=1S/C29H24FN9O/c30-23-22-21(15-36-24(23)18-12-19(14-32-13-18)37-29(40)17-2-1-3-17)33-10-11-35-27(22)28-38-20-6-9-34-25(26(20)39-28)16-4-7-31-8-5-16/h4-9,12-15,17,33H,1-3,10-11H2,(H,37,40)(H,38,39). The Hall–Kier alpha value is -5.06. The number of amides is 1. The molecule has 5 aromatic heterocycles. The third-order valence-electron chi connectivity index (χ3n) is 7.29. The topological polar surface area (TPSA) is 134 Å². The highest BCUT2D eigenvalue weighted by atomic mass is 19.1. The van der Waals surface area contributed by atoms with Gasteiger partial charge in [0.05, 0.1) is 47.1 Å². The van der Waals surface area contributed by atoms with E-state index in [4.69, 9.17) is 9.98 Å². The van der Waals surface area contributed by atoms with E-state index in [1.54, 1.807) is 37.1 Å². The Labute approximate surface area is 228 Å². The number of aliphatic imine (C=N–C) groups is 1. The summed E-state index contributed by atoms with van der Waals surface area (Å²) < 4.78 is 16.4. The van der Waals surface area contributed by atoms with E-state index in [1.807, 2.05) is 18.2 Å². The van der Waals surface area contributed by atoms with Crippen molar-refractivity contribution in [3.8, 4) is 22.5 Å². The van der Waals surface area contributed by atoms with Crippen LogP contribution in [-0.2, 0) is 4.79 Å². The maximum Gasteiger partial charge on any atom is 0.227 e. The van der Waals surface area contributed by atoms with Gasteiger partial charge in [-0.1, -0.05) is 6.42 Å². The molecule has 6 heterocycles. The second-order valence-electron chi connectivity index (χ2n) is 9.82. The van der Waals surface area contributed by atoms with E-state index in [1.165, 1.54) is 6.20 Å². The highest BCUT2D eigenvalue weighted by molar-refractivity contribution is 6.16. The first-order chi connectivity index (χ1) is 19.7. The lowest BCUT2D eigenvalue weighted by molar-refractivity contribution is -0.122. The maximum atomic E-state index is 16.4. The minimum absolute atomic E-state index is 0.0222. The molecule has 10 nitrogen and oxygen atoms in total. The van der Waals surface area contributed by atoms with Crippen LogP contribution in [0.15, 0.2) is 66.4 Å². The molecular formula is C29H24FN9O. The average molecular weight is 534 g/mol. The Morgan fingerprint density at radius 1 is 0.975 bits per heavy atom. The van der Waals surface area contributed by atoms with Gasteiger partial charge in [-0.15, -0.1) is 0 Å². The third-order valence-corrected chi connectivity index (χ3v) is 7.29. The van der Waals surface area contributed by atoms with Gasteiger partial charge in [-0.3, -0.25) is 29.7 Å². The fourth-order valence-corrected chi connectivity index (χ4v) is 5.01. The van der Waals surface area contributed by atoms with E-state index in [9.17, 15) is 4.79 Å². The lowest BCUT2D eigenvalue weighted by Gasteiger charge is -2.24. The SMILES string of the molecule is O=C(Nc1cncc(-c2ncc3c(c2F)C(c2nc4c(-c5ccncc5)nccc4[nH]2)=NCCN3)c1)C1CCC1. The van der Waals surface area contributed by atoms with Gasteiger partial charge in [-0.25, -0.2) is 9.37 Å². The summed E-state index contributed by atoms with van der Waals surface area (Å²) >= 11 is 0. The van der Waals surface area contributed by atoms with Gasteiger partial charge < -0.3 is 15.6 Å². The summed E-state index contributed by atoms with van der Waals surface area (Å²) in [5.41, 5.74) is 5.21. The van der Waals surface area contributed by atoms with E-state index in [0.717, 1.165) is 30.3 Å². The molecule has 0 saturated heterocycles. The van der Waals surface area contributed by atoms with Crippen LogP contribution in [-0.4, -0.2) is 54.6 Å². The van der Waals surface area contributed by atoms with Gasteiger partial charge in [-0.05, 0) is 37.1 Å². The van der Waals surface area contributed by atoms with Crippen molar-refractivity contribution < 1.29 is 9.18 Å². The molecule has 198 valence electrons. The van der Waals surface area contributed by atoms with Gasteiger partial charge in [0.1, 0.15) is 16.9 Å². The molecule has 2 aliphatic rings. The summed E-state index contributed by atoms with van der Waals surface area (Å²) in [6, 6.07) is 7.26. The number of halogens is 1. The number of pyridine rings is 4. The number of imidazole rings is 1. The maximum absolute atomic E-state index is 16.4. The monoisotopic (exact) mass is 533 g/mol. The second kappa shape index (κ2) is 9.92. The van der Waals surface area contributed by atoms with Gasteiger partial charge in [0.25, 0.3) is 0 Å². The summed E-state index contributed by atoms with van der Waals surface area (Å²) in [7, 11) is 0. The number of aromatic amines is 1. The Morgan fingerprint density at radius 3 is 2.67 bits per heavy atom. The molecule has 0 atom stereocenters. The second-order valence-corrected chi connectivity index (χ2v) is 9.82. The van der Waals surface area contributed by atoms with Gasteiger partial charge in [0, 0.05) is 48.4 Å². The first kappa shape index (κ1) is 24.0. The number of fused-ring (bicyclic) bond motifs is 2. The van der Waals surface area contributed by atoms with Crippen molar-refractivity contribution in [3.63, 3.8) is 0 Å². The molecular weight excluding hydrogens is 509 g/mol. The number of carbonyl (C=O) groups excluding carboxylic acids is 1. The van der Waals surface area contributed by atoms with Crippen LogP contribution in [0, 0.1) is 11.7 Å². The lowest BCUT2D eigenvalue weighted by atomic mass is 9.85. The first-order valence-electron chi connectivity index (χ1n) is 13.1. The number of hydrogen-bond donors (Lipinski definition) is 3. The zero-order valence-electron chi connectivity index (χ0n) is 21.4. The van der Waals surface area contributed by atoms with E-state index in [-0.39, 0.29) is 23.1 Å². The first-order valence-corrected chi connectivity index (χ1v) is 13.1. The molecule has 1 amide bonds. The lowest BCUT2D eigenvalue weighted by Crippen LogP contribution is -2.28. The molecule has 3 N–H and O–H groups in total. The number of nitrogens with zero attached hydrogens (tertiary/aromatic N) is 6. The fourth-order valence-electron chi connectivity index (χ4n) is 5.01. The summed E-state index contributed by atoms with van der Waals surface area (Å²) in [6.45, 7) is 0.945. The van der Waals surface area contributed by atoms with Crippen LogP contribution in [0.4, 0.5) is 15.8 Å². The third kappa shape index (κ3) is 4.25. The van der Waals surface area contributed by atoms with Gasteiger partial charge in [0.15, 0.2) is 11.6 Å². The number of carbonyl (C=O) groups is 1. The zero-order valence-corrected chi connectivity index (χ0v) is 21.4. The van der Waals surface area contributed by atoms with Gasteiger partial charge in [0.2, 0.25) is 5.91 Å². The van der Waals surface area contributed by atoms with Crippen molar-refractivity contribution >= 4 is 34.0 Å². The minimum Gasteiger partial charge on any atom is -0.381 e. The van der Waals surface area contributed by atoms with Gasteiger partial charge >= 0.3 is 0 Å². The van der Waals surface area contributed by atoms with E-state index < -0.39 is 5.82 Å². The van der Waals surface area contributed by atoms with Crippen LogP contribution in [0.25, 0.3) is 33.5 Å². The van der Waals surface area contributed by atoms with Crippen LogP contribution in [0.1, 0.15) is 30.7 Å². The zero-order chi connectivity index (χ0) is 27.1. The number of rotatable bonds is 5. The molecule has 1 saturated carbocycles. The molecule has 0 unspecified atom stereocenters. The quantitative estimate of drug-likeness (QED) is 0.300. The van der Waals surface area contributed by atoms with E-state index in [2.05, 4.69) is 35.6 Å². The van der Waals surface area contributed by atoms with Crippen LogP contribution < -0.4 is 10.6 Å². The van der Waals surface area contributed by atoms with Crippen molar-refractivity contribution in [2.75, 3.05) is 23.7 Å². The van der Waals surface area contributed by atoms with Crippen molar-refractivity contribution in [3.05, 3.63) is 78.7 Å². The molecule has 40 heavy (non-hydrogen) atoms. The number of aromatic nitrogens is 6. The van der Waals surface area contributed by atoms with Crippen LogP contribution in [0.5, 0.6) is 0 Å². The predicted molar refractivity (Wildman–Crippen MR) is 150 cm³/mol. The van der Waals surface area contributed by atoms with Crippen molar-refractivity contribution in [1.29, 1.82) is 0 Å². The summed E-state index contributed by atoms with van der Waals surface area (Å²) in [6.07, 6.45) is 12.6. The summed E-state index contributed by atoms with van der Waals surface area (Å²) in [5.74, 6) is -0.138. The minimum atomic E-state index is -0.553. The van der Waals surface area contributed by atoms with Crippen molar-refractivity contribution in [1.82, 2.24) is 29.9 Å². The molecule has 0 bridgehead atoms.